The van der Waals surface area contributed by atoms with Crippen molar-refractivity contribution < 1.29 is 13.5 Å². The summed E-state index contributed by atoms with van der Waals surface area (Å²) in [5.74, 6) is 0.258. The van der Waals surface area contributed by atoms with Crippen molar-refractivity contribution in [1.29, 1.82) is 0 Å². The Bertz CT molecular complexity index is 1560. The average Bonchev–Trinajstić information content (AvgIpc) is 2.91. The van der Waals surface area contributed by atoms with Crippen molar-refractivity contribution in [2.45, 2.75) is 51.9 Å². The summed E-state index contributed by atoms with van der Waals surface area (Å²) in [7, 11) is 3.99. The minimum atomic E-state index is -0.294. The quantitative estimate of drug-likeness (QED) is 0.333. The topological polar surface area (TPSA) is 57.6 Å². The molecule has 9 heteroatoms. The van der Waals surface area contributed by atoms with Gasteiger partial charge < -0.3 is 19.4 Å². The van der Waals surface area contributed by atoms with Gasteiger partial charge in [-0.1, -0.05) is 24.3 Å². The molecule has 0 saturated heterocycles. The third-order valence-corrected chi connectivity index (χ3v) is 7.87. The van der Waals surface area contributed by atoms with Gasteiger partial charge in [-0.2, -0.15) is 9.97 Å². The van der Waals surface area contributed by atoms with Crippen LogP contribution in [0.3, 0.4) is 0 Å². The Morgan fingerprint density at radius 1 is 1.02 bits per heavy atom. The van der Waals surface area contributed by atoms with Crippen molar-refractivity contribution in [1.82, 2.24) is 19.9 Å². The number of rotatable bonds is 6. The van der Waals surface area contributed by atoms with Gasteiger partial charge in [0, 0.05) is 54.1 Å². The van der Waals surface area contributed by atoms with E-state index in [1.807, 2.05) is 45.3 Å². The van der Waals surface area contributed by atoms with Crippen LogP contribution in [0, 0.1) is 11.6 Å². The molecule has 2 atom stereocenters. The second kappa shape index (κ2) is 10.6. The zero-order valence-electron chi connectivity index (χ0n) is 23.4. The highest BCUT2D eigenvalue weighted by atomic mass is 19.1. The summed E-state index contributed by atoms with van der Waals surface area (Å²) >= 11 is 0. The van der Waals surface area contributed by atoms with Crippen LogP contribution in [0.15, 0.2) is 48.8 Å². The summed E-state index contributed by atoms with van der Waals surface area (Å²) in [6.07, 6.45) is 4.27. The van der Waals surface area contributed by atoms with E-state index in [2.05, 4.69) is 26.6 Å². The molecule has 0 N–H and O–H groups in total. The lowest BCUT2D eigenvalue weighted by molar-refractivity contribution is 0.163. The van der Waals surface area contributed by atoms with Crippen molar-refractivity contribution in [3.8, 4) is 6.01 Å². The van der Waals surface area contributed by atoms with Gasteiger partial charge in [0.05, 0.1) is 18.4 Å². The van der Waals surface area contributed by atoms with Crippen LogP contribution in [-0.4, -0.2) is 59.2 Å². The molecular weight excluding hydrogens is 510 g/mol. The van der Waals surface area contributed by atoms with Gasteiger partial charge in [-0.15, -0.1) is 0 Å². The van der Waals surface area contributed by atoms with Gasteiger partial charge in [0.1, 0.15) is 23.6 Å². The Balaban J connectivity index is 1.41. The van der Waals surface area contributed by atoms with Crippen molar-refractivity contribution in [3.63, 3.8) is 0 Å². The third kappa shape index (κ3) is 4.94. The van der Waals surface area contributed by atoms with E-state index in [4.69, 9.17) is 14.7 Å². The highest BCUT2D eigenvalue weighted by Gasteiger charge is 2.32. The van der Waals surface area contributed by atoms with E-state index in [1.54, 1.807) is 12.3 Å². The largest absolute Gasteiger partial charge is 0.459 e. The lowest BCUT2D eigenvalue weighted by atomic mass is 9.95. The zero-order valence-corrected chi connectivity index (χ0v) is 23.4. The zero-order chi connectivity index (χ0) is 28.0. The first-order valence-electron chi connectivity index (χ1n) is 13.8. The maximum absolute atomic E-state index is 15.0. The Kier molecular flexibility index (Phi) is 7.00. The summed E-state index contributed by atoms with van der Waals surface area (Å²) in [5, 5.41) is 1.48. The van der Waals surface area contributed by atoms with E-state index in [0.717, 1.165) is 33.7 Å². The molecule has 0 aliphatic carbocycles. The van der Waals surface area contributed by atoms with Gasteiger partial charge in [-0.05, 0) is 63.9 Å². The second-order valence-electron chi connectivity index (χ2n) is 11.2. The van der Waals surface area contributed by atoms with Crippen LogP contribution in [0.5, 0.6) is 6.01 Å². The van der Waals surface area contributed by atoms with Crippen LogP contribution in [-0.2, 0) is 25.9 Å². The van der Waals surface area contributed by atoms with Gasteiger partial charge >= 0.3 is 6.01 Å². The molecule has 6 rings (SSSR count). The summed E-state index contributed by atoms with van der Waals surface area (Å²) in [5.41, 5.74) is 4.33. The molecule has 0 saturated carbocycles. The monoisotopic (exact) mass is 544 g/mol. The second-order valence-corrected chi connectivity index (χ2v) is 11.2. The fourth-order valence-electron chi connectivity index (χ4n) is 6.05. The molecule has 0 radical (unpaired) electrons. The van der Waals surface area contributed by atoms with Crippen molar-refractivity contribution in [2.75, 3.05) is 37.0 Å². The number of aromatic nitrogens is 3. The number of hydrogen-bond acceptors (Lipinski definition) is 7. The molecule has 0 bridgehead atoms. The highest BCUT2D eigenvalue weighted by Crippen LogP contribution is 2.37. The highest BCUT2D eigenvalue weighted by molar-refractivity contribution is 5.95. The number of likely N-dealkylation sites (N-methyl/N-ethyl adjacent to an activating group) is 1. The van der Waals surface area contributed by atoms with Crippen LogP contribution < -0.4 is 14.5 Å². The van der Waals surface area contributed by atoms with E-state index >= 15 is 0 Å². The minimum Gasteiger partial charge on any atom is -0.459 e. The molecular formula is C31H34F2N6O. The van der Waals surface area contributed by atoms with Crippen LogP contribution in [0.4, 0.5) is 20.3 Å². The number of hydrogen-bond donors (Lipinski definition) is 0. The molecule has 2 aromatic heterocycles. The number of halogens is 2. The van der Waals surface area contributed by atoms with E-state index < -0.39 is 0 Å². The third-order valence-electron chi connectivity index (χ3n) is 7.87. The van der Waals surface area contributed by atoms with Crippen molar-refractivity contribution in [3.05, 3.63) is 82.8 Å². The smallest absolute Gasteiger partial charge is 0.318 e. The van der Waals surface area contributed by atoms with Crippen LogP contribution in [0.25, 0.3) is 10.8 Å². The standard InChI is InChI=1S/C31H34F2N6O/c1-19-13-22-14-34-15-26(33)24(22)17-39(19)30-23-11-12-38(28-10-6-8-21-7-5-9-25(32)29(21)28)18-27(23)35-31(36-30)40-20(2)16-37(3)4/h5-10,14-15,19-20H,11-13,16-18H2,1-4H3/t19-,20-/m0/s1. The summed E-state index contributed by atoms with van der Waals surface area (Å²) in [6, 6.07) is 11.4. The van der Waals surface area contributed by atoms with Crippen molar-refractivity contribution in [2.24, 2.45) is 0 Å². The number of benzene rings is 2. The van der Waals surface area contributed by atoms with Gasteiger partial charge in [0.2, 0.25) is 0 Å². The van der Waals surface area contributed by atoms with Gasteiger partial charge in [0.25, 0.3) is 0 Å². The normalized spacial score (nSPS) is 17.6. The molecule has 0 spiro atoms. The van der Waals surface area contributed by atoms with Crippen LogP contribution in [0.2, 0.25) is 0 Å². The number of anilines is 2. The number of fused-ring (bicyclic) bond motifs is 3. The first kappa shape index (κ1) is 26.4. The summed E-state index contributed by atoms with van der Waals surface area (Å²) in [4.78, 5) is 20.3. The minimum absolute atomic E-state index is 0.0901. The van der Waals surface area contributed by atoms with Gasteiger partial charge in [-0.25, -0.2) is 8.78 Å². The van der Waals surface area contributed by atoms with Gasteiger partial charge in [0.15, 0.2) is 0 Å². The molecule has 4 aromatic rings. The Labute approximate surface area is 233 Å². The van der Waals surface area contributed by atoms with E-state index in [1.165, 1.54) is 12.3 Å². The molecule has 40 heavy (non-hydrogen) atoms. The van der Waals surface area contributed by atoms with Crippen LogP contribution in [0.1, 0.15) is 36.2 Å². The molecule has 4 heterocycles. The fraction of sp³-hybridized carbons (Fsp3) is 0.387. The SMILES string of the molecule is C[C@@H](CN(C)C)Oc1nc2c(c(N3Cc4c(F)cncc4C[C@@H]3C)n1)CCN(c1cccc3cccc(F)c13)C2. The predicted octanol–water partition coefficient (Wildman–Crippen LogP) is 5.15. The molecule has 7 nitrogen and oxygen atoms in total. The summed E-state index contributed by atoms with van der Waals surface area (Å²) in [6.45, 7) is 6.42. The Morgan fingerprint density at radius 3 is 2.62 bits per heavy atom. The molecule has 0 unspecified atom stereocenters. The summed E-state index contributed by atoms with van der Waals surface area (Å²) < 4.78 is 36.0. The lowest BCUT2D eigenvalue weighted by Crippen LogP contribution is -2.42. The molecule has 0 amide bonds. The van der Waals surface area contributed by atoms with E-state index in [9.17, 15) is 8.78 Å². The first-order chi connectivity index (χ1) is 19.3. The number of pyridine rings is 1. The molecule has 0 fully saturated rings. The Morgan fingerprint density at radius 2 is 1.82 bits per heavy atom. The maximum Gasteiger partial charge on any atom is 0.318 e. The van der Waals surface area contributed by atoms with E-state index in [-0.39, 0.29) is 23.8 Å². The first-order valence-corrected chi connectivity index (χ1v) is 13.8. The van der Waals surface area contributed by atoms with E-state index in [0.29, 0.717) is 56.0 Å². The number of ether oxygens (including phenoxy) is 1. The number of nitrogens with zero attached hydrogens (tertiary/aromatic N) is 6. The molecule has 208 valence electrons. The van der Waals surface area contributed by atoms with Crippen molar-refractivity contribution >= 4 is 22.3 Å². The average molecular weight is 545 g/mol. The fourth-order valence-corrected chi connectivity index (χ4v) is 6.05. The van der Waals surface area contributed by atoms with Crippen LogP contribution >= 0.6 is 0 Å². The lowest BCUT2D eigenvalue weighted by Gasteiger charge is -2.39. The molecule has 2 aliphatic heterocycles. The molecule has 2 aliphatic rings. The van der Waals surface area contributed by atoms with Gasteiger partial charge in [-0.3, -0.25) is 4.98 Å². The maximum atomic E-state index is 15.0. The predicted molar refractivity (Wildman–Crippen MR) is 153 cm³/mol. The Hall–Kier alpha value is -3.85. The molecule has 2 aromatic carbocycles.